The number of benzene rings is 2. The molecule has 0 amide bonds. The standard InChI is InChI=1S/C23H30N2O/c1-3-4-7-16-20-21(24-26)17-22(18-12-8-5-9-13-18)25(2)23(20)19-14-10-6-11-15-19/h5-6,8-15,20,22-23,26H,3-4,7,16-17H2,1-2H3/p+1/t20-,22+,23-/m1/s1. The number of nitrogens with one attached hydrogen (secondary N) is 1. The Morgan fingerprint density at radius 1 is 0.962 bits per heavy atom. The summed E-state index contributed by atoms with van der Waals surface area (Å²) in [4.78, 5) is 1.50. The summed E-state index contributed by atoms with van der Waals surface area (Å²) in [6.07, 6.45) is 5.55. The maximum Gasteiger partial charge on any atom is 0.122 e. The second-order valence-corrected chi connectivity index (χ2v) is 7.49. The summed E-state index contributed by atoms with van der Waals surface area (Å²) in [5.74, 6) is 0.300. The van der Waals surface area contributed by atoms with E-state index < -0.39 is 0 Å². The molecule has 4 atom stereocenters. The molecule has 1 saturated heterocycles. The molecule has 0 radical (unpaired) electrons. The Morgan fingerprint density at radius 3 is 2.15 bits per heavy atom. The molecule has 3 heteroatoms. The molecule has 1 heterocycles. The summed E-state index contributed by atoms with van der Waals surface area (Å²) in [7, 11) is 2.30. The number of nitrogens with zero attached hydrogens (tertiary/aromatic N) is 1. The van der Waals surface area contributed by atoms with Crippen molar-refractivity contribution < 1.29 is 10.1 Å². The van der Waals surface area contributed by atoms with Gasteiger partial charge in [-0.2, -0.15) is 0 Å². The predicted octanol–water partition coefficient (Wildman–Crippen LogP) is 4.41. The smallest absolute Gasteiger partial charge is 0.122 e. The summed E-state index contributed by atoms with van der Waals surface area (Å²) in [6, 6.07) is 22.0. The van der Waals surface area contributed by atoms with Gasteiger partial charge in [-0.05, 0) is 6.42 Å². The van der Waals surface area contributed by atoms with E-state index in [9.17, 15) is 5.21 Å². The van der Waals surface area contributed by atoms with Crippen LogP contribution in [0.1, 0.15) is 62.2 Å². The molecule has 0 bridgehead atoms. The Kier molecular flexibility index (Phi) is 6.45. The van der Waals surface area contributed by atoms with Crippen LogP contribution in [0.2, 0.25) is 0 Å². The molecule has 1 aliphatic rings. The van der Waals surface area contributed by atoms with Crippen LogP contribution in [0, 0.1) is 5.92 Å². The maximum atomic E-state index is 9.81. The molecule has 0 saturated carbocycles. The van der Waals surface area contributed by atoms with E-state index in [0.717, 1.165) is 18.6 Å². The molecule has 26 heavy (non-hydrogen) atoms. The first-order chi connectivity index (χ1) is 12.8. The van der Waals surface area contributed by atoms with E-state index in [1.165, 1.54) is 35.3 Å². The average Bonchev–Trinajstić information content (AvgIpc) is 2.70. The third-order valence-electron chi connectivity index (χ3n) is 5.89. The average molecular weight is 352 g/mol. The number of quaternary nitrogens is 1. The third kappa shape index (κ3) is 3.99. The number of piperidine rings is 1. The fourth-order valence-electron chi connectivity index (χ4n) is 4.53. The fourth-order valence-corrected chi connectivity index (χ4v) is 4.53. The van der Waals surface area contributed by atoms with Gasteiger partial charge in [0.2, 0.25) is 0 Å². The first-order valence-corrected chi connectivity index (χ1v) is 9.90. The molecular formula is C23H31N2O+. The van der Waals surface area contributed by atoms with Crippen LogP contribution in [0.5, 0.6) is 0 Å². The van der Waals surface area contributed by atoms with Crippen molar-refractivity contribution in [1.29, 1.82) is 0 Å². The molecule has 2 aromatic carbocycles. The van der Waals surface area contributed by atoms with Crippen LogP contribution in [-0.4, -0.2) is 18.0 Å². The van der Waals surface area contributed by atoms with Gasteiger partial charge in [-0.25, -0.2) is 0 Å². The van der Waals surface area contributed by atoms with Crippen LogP contribution < -0.4 is 4.90 Å². The lowest BCUT2D eigenvalue weighted by Crippen LogP contribution is -3.11. The van der Waals surface area contributed by atoms with Crippen molar-refractivity contribution in [2.75, 3.05) is 7.05 Å². The molecule has 3 rings (SSSR count). The van der Waals surface area contributed by atoms with Gasteiger partial charge in [0.1, 0.15) is 12.1 Å². The van der Waals surface area contributed by atoms with Gasteiger partial charge in [0.25, 0.3) is 0 Å². The molecule has 0 aromatic heterocycles. The van der Waals surface area contributed by atoms with Crippen LogP contribution in [-0.2, 0) is 0 Å². The highest BCUT2D eigenvalue weighted by Gasteiger charge is 2.44. The zero-order valence-electron chi connectivity index (χ0n) is 15.9. The number of oxime groups is 1. The van der Waals surface area contributed by atoms with Crippen molar-refractivity contribution in [3.63, 3.8) is 0 Å². The number of unbranched alkanes of at least 4 members (excludes halogenated alkanes) is 2. The van der Waals surface area contributed by atoms with Crippen LogP contribution in [0.15, 0.2) is 65.8 Å². The Balaban J connectivity index is 1.97. The fraction of sp³-hybridized carbons (Fsp3) is 0.435. The highest BCUT2D eigenvalue weighted by atomic mass is 16.4. The van der Waals surface area contributed by atoms with Crippen LogP contribution in [0.25, 0.3) is 0 Å². The minimum Gasteiger partial charge on any atom is -0.411 e. The van der Waals surface area contributed by atoms with E-state index in [-0.39, 0.29) is 0 Å². The summed E-state index contributed by atoms with van der Waals surface area (Å²) in [6.45, 7) is 2.24. The summed E-state index contributed by atoms with van der Waals surface area (Å²) in [5, 5.41) is 13.6. The quantitative estimate of drug-likeness (QED) is 0.451. The molecule has 138 valence electrons. The number of hydrogen-bond donors (Lipinski definition) is 2. The van der Waals surface area contributed by atoms with Crippen molar-refractivity contribution in [1.82, 2.24) is 0 Å². The zero-order chi connectivity index (χ0) is 18.4. The van der Waals surface area contributed by atoms with E-state index in [2.05, 4.69) is 79.8 Å². The van der Waals surface area contributed by atoms with Gasteiger partial charge in [0.05, 0.1) is 18.7 Å². The summed E-state index contributed by atoms with van der Waals surface area (Å²) < 4.78 is 0. The second-order valence-electron chi connectivity index (χ2n) is 7.49. The van der Waals surface area contributed by atoms with E-state index in [1.807, 2.05) is 0 Å². The van der Waals surface area contributed by atoms with Crippen molar-refractivity contribution in [2.24, 2.45) is 11.1 Å². The van der Waals surface area contributed by atoms with Crippen molar-refractivity contribution in [2.45, 2.75) is 51.1 Å². The monoisotopic (exact) mass is 351 g/mol. The van der Waals surface area contributed by atoms with Gasteiger partial charge >= 0.3 is 0 Å². The SMILES string of the molecule is CCCCC[C@@H]1C(=NO)C[C@@H](c2ccccc2)[NH+](C)[C@@H]1c1ccccc1. The van der Waals surface area contributed by atoms with E-state index in [0.29, 0.717) is 18.0 Å². The minimum absolute atomic E-state index is 0.300. The Morgan fingerprint density at radius 2 is 1.58 bits per heavy atom. The van der Waals surface area contributed by atoms with Crippen LogP contribution in [0.4, 0.5) is 0 Å². The van der Waals surface area contributed by atoms with Gasteiger partial charge < -0.3 is 10.1 Å². The van der Waals surface area contributed by atoms with E-state index in [1.54, 1.807) is 0 Å². The largest absolute Gasteiger partial charge is 0.411 e. The maximum absolute atomic E-state index is 9.81. The lowest BCUT2D eigenvalue weighted by atomic mass is 9.76. The molecular weight excluding hydrogens is 320 g/mol. The molecule has 1 fully saturated rings. The van der Waals surface area contributed by atoms with Crippen molar-refractivity contribution in [3.8, 4) is 0 Å². The first-order valence-electron chi connectivity index (χ1n) is 9.90. The molecule has 0 aliphatic carbocycles. The second kappa shape index (κ2) is 9.00. The molecule has 2 N–H and O–H groups in total. The van der Waals surface area contributed by atoms with Crippen LogP contribution >= 0.6 is 0 Å². The van der Waals surface area contributed by atoms with Gasteiger partial charge in [-0.3, -0.25) is 0 Å². The van der Waals surface area contributed by atoms with Gasteiger partial charge in [0.15, 0.2) is 0 Å². The Labute approximate surface area is 157 Å². The molecule has 3 nitrogen and oxygen atoms in total. The Bertz CT molecular complexity index is 699. The zero-order valence-corrected chi connectivity index (χ0v) is 15.9. The number of rotatable bonds is 6. The summed E-state index contributed by atoms with van der Waals surface area (Å²) in [5.41, 5.74) is 3.63. The van der Waals surface area contributed by atoms with E-state index >= 15 is 0 Å². The van der Waals surface area contributed by atoms with E-state index in [4.69, 9.17) is 0 Å². The molecule has 0 spiro atoms. The number of likely N-dealkylation sites (tertiary alicyclic amines) is 1. The van der Waals surface area contributed by atoms with Gasteiger partial charge in [-0.1, -0.05) is 92.0 Å². The van der Waals surface area contributed by atoms with Crippen molar-refractivity contribution >= 4 is 5.71 Å². The lowest BCUT2D eigenvalue weighted by molar-refractivity contribution is -0.949. The van der Waals surface area contributed by atoms with Gasteiger partial charge in [-0.15, -0.1) is 0 Å². The first kappa shape index (κ1) is 18.7. The Hall–Kier alpha value is -2.13. The highest BCUT2D eigenvalue weighted by Crippen LogP contribution is 2.34. The molecule has 1 unspecified atom stereocenters. The number of hydrogen-bond acceptors (Lipinski definition) is 2. The third-order valence-corrected chi connectivity index (χ3v) is 5.89. The van der Waals surface area contributed by atoms with Crippen LogP contribution in [0.3, 0.4) is 0 Å². The van der Waals surface area contributed by atoms with Gasteiger partial charge in [0, 0.05) is 17.5 Å². The summed E-state index contributed by atoms with van der Waals surface area (Å²) >= 11 is 0. The van der Waals surface area contributed by atoms with Crippen molar-refractivity contribution in [3.05, 3.63) is 71.8 Å². The topological polar surface area (TPSA) is 37.0 Å². The highest BCUT2D eigenvalue weighted by molar-refractivity contribution is 5.88. The normalized spacial score (nSPS) is 27.5. The lowest BCUT2D eigenvalue weighted by Gasteiger charge is -2.42. The molecule has 2 aromatic rings. The minimum atomic E-state index is 0.300. The molecule has 1 aliphatic heterocycles. The predicted molar refractivity (Wildman–Crippen MR) is 107 cm³/mol.